The molecule has 3 N–H and O–H groups in total. The summed E-state index contributed by atoms with van der Waals surface area (Å²) in [6.07, 6.45) is 1.94. The minimum absolute atomic E-state index is 0.00866. The first-order chi connectivity index (χ1) is 16.3. The number of aromatic nitrogens is 2. The summed E-state index contributed by atoms with van der Waals surface area (Å²) < 4.78 is 1.31. The number of hydrogen-bond donors (Lipinski definition) is 2. The Balaban J connectivity index is 1.70. The van der Waals surface area contributed by atoms with Gasteiger partial charge in [0.2, 0.25) is 5.91 Å². The van der Waals surface area contributed by atoms with Crippen molar-refractivity contribution in [3.8, 4) is 0 Å². The molecule has 2 heterocycles. The second-order valence-electron chi connectivity index (χ2n) is 9.12. The standard InChI is InChI=1S/C26H31N5O3/c1-18(2)15-30(22(32)17-29-14-8-12-20-11-6-7-13-21(20)29)23-24(27)31(26(34)28-25(23)33)16-19-9-4-3-5-10-19/h3-7,9-11,13,18H,8,12,14-17,27H2,1-2H3,(H,28,33,34). The third kappa shape index (κ3) is 4.90. The third-order valence-corrected chi connectivity index (χ3v) is 6.05. The number of fused-ring (bicyclic) bond motifs is 1. The smallest absolute Gasteiger partial charge is 0.330 e. The van der Waals surface area contributed by atoms with E-state index in [-0.39, 0.29) is 36.4 Å². The second kappa shape index (κ2) is 9.99. The van der Waals surface area contributed by atoms with Gasteiger partial charge in [-0.25, -0.2) is 4.79 Å². The van der Waals surface area contributed by atoms with Crippen LogP contribution in [-0.4, -0.2) is 35.1 Å². The molecule has 1 aliphatic heterocycles. The first-order valence-corrected chi connectivity index (χ1v) is 11.6. The van der Waals surface area contributed by atoms with Crippen molar-refractivity contribution in [3.05, 3.63) is 86.6 Å². The fourth-order valence-corrected chi connectivity index (χ4v) is 4.47. The maximum atomic E-state index is 13.6. The first-order valence-electron chi connectivity index (χ1n) is 11.6. The quantitative estimate of drug-likeness (QED) is 0.563. The first kappa shape index (κ1) is 23.4. The van der Waals surface area contributed by atoms with Gasteiger partial charge in [-0.2, -0.15) is 0 Å². The minimum Gasteiger partial charge on any atom is -0.383 e. The molecule has 0 unspecified atom stereocenters. The molecule has 0 fully saturated rings. The summed E-state index contributed by atoms with van der Waals surface area (Å²) in [5.41, 5.74) is 8.29. The van der Waals surface area contributed by atoms with Crippen molar-refractivity contribution in [1.82, 2.24) is 9.55 Å². The Morgan fingerprint density at radius 1 is 1.09 bits per heavy atom. The zero-order valence-electron chi connectivity index (χ0n) is 19.7. The zero-order valence-corrected chi connectivity index (χ0v) is 19.7. The molecular formula is C26H31N5O3. The summed E-state index contributed by atoms with van der Waals surface area (Å²) in [6, 6.07) is 17.5. The van der Waals surface area contributed by atoms with E-state index in [0.29, 0.717) is 6.54 Å². The summed E-state index contributed by atoms with van der Waals surface area (Å²) in [7, 11) is 0. The Bertz CT molecular complexity index is 1280. The lowest BCUT2D eigenvalue weighted by molar-refractivity contribution is -0.117. The van der Waals surface area contributed by atoms with Crippen LogP contribution < -0.4 is 26.8 Å². The number of rotatable bonds is 7. The fourth-order valence-electron chi connectivity index (χ4n) is 4.47. The number of aromatic amines is 1. The van der Waals surface area contributed by atoms with Crippen LogP contribution in [0.25, 0.3) is 0 Å². The van der Waals surface area contributed by atoms with Gasteiger partial charge in [0.05, 0.1) is 13.1 Å². The Morgan fingerprint density at radius 2 is 1.79 bits per heavy atom. The molecule has 34 heavy (non-hydrogen) atoms. The molecule has 0 saturated carbocycles. The monoisotopic (exact) mass is 461 g/mol. The number of nitrogens with two attached hydrogens (primary N) is 1. The van der Waals surface area contributed by atoms with Gasteiger partial charge in [0.25, 0.3) is 5.56 Å². The van der Waals surface area contributed by atoms with Gasteiger partial charge in [0, 0.05) is 18.8 Å². The molecule has 3 aromatic rings. The lowest BCUT2D eigenvalue weighted by Gasteiger charge is -2.33. The van der Waals surface area contributed by atoms with E-state index in [0.717, 1.165) is 30.6 Å². The molecule has 0 spiro atoms. The Labute approximate surface area is 198 Å². The van der Waals surface area contributed by atoms with E-state index in [1.54, 1.807) is 0 Å². The van der Waals surface area contributed by atoms with Crippen molar-refractivity contribution in [1.29, 1.82) is 0 Å². The van der Waals surface area contributed by atoms with Crippen LogP contribution in [-0.2, 0) is 17.8 Å². The summed E-state index contributed by atoms with van der Waals surface area (Å²) in [4.78, 5) is 45.0. The van der Waals surface area contributed by atoms with Crippen LogP contribution in [0.3, 0.4) is 0 Å². The zero-order chi connectivity index (χ0) is 24.2. The number of carbonyl (C=O) groups is 1. The third-order valence-electron chi connectivity index (χ3n) is 6.05. The number of anilines is 3. The van der Waals surface area contributed by atoms with E-state index in [1.165, 1.54) is 15.0 Å². The SMILES string of the molecule is CC(C)CN(C(=O)CN1CCCc2ccccc21)c1c(N)n(Cc2ccccc2)c(=O)[nH]c1=O. The van der Waals surface area contributed by atoms with Gasteiger partial charge in [-0.05, 0) is 36.0 Å². The second-order valence-corrected chi connectivity index (χ2v) is 9.12. The van der Waals surface area contributed by atoms with Gasteiger partial charge < -0.3 is 15.5 Å². The van der Waals surface area contributed by atoms with Crippen LogP contribution in [0.1, 0.15) is 31.4 Å². The van der Waals surface area contributed by atoms with Crippen molar-refractivity contribution < 1.29 is 4.79 Å². The number of nitrogen functional groups attached to an aromatic ring is 1. The number of amides is 1. The predicted octanol–water partition coefficient (Wildman–Crippen LogP) is 2.61. The number of carbonyl (C=O) groups excluding carboxylic acids is 1. The summed E-state index contributed by atoms with van der Waals surface area (Å²) >= 11 is 0. The molecule has 8 nitrogen and oxygen atoms in total. The maximum Gasteiger partial charge on any atom is 0.330 e. The van der Waals surface area contributed by atoms with Crippen LogP contribution in [0.4, 0.5) is 17.2 Å². The highest BCUT2D eigenvalue weighted by atomic mass is 16.2. The number of nitrogens with zero attached hydrogens (tertiary/aromatic N) is 3. The molecule has 2 aromatic carbocycles. The molecule has 4 rings (SSSR count). The van der Waals surface area contributed by atoms with Crippen LogP contribution in [0.15, 0.2) is 64.2 Å². The van der Waals surface area contributed by atoms with Crippen molar-refractivity contribution in [3.63, 3.8) is 0 Å². The Hall–Kier alpha value is -3.81. The highest BCUT2D eigenvalue weighted by molar-refractivity contribution is 5.98. The van der Waals surface area contributed by atoms with Crippen molar-refractivity contribution in [2.45, 2.75) is 33.2 Å². The van der Waals surface area contributed by atoms with Gasteiger partial charge in [-0.1, -0.05) is 62.4 Å². The van der Waals surface area contributed by atoms with Gasteiger partial charge in [-0.3, -0.25) is 19.1 Å². The van der Waals surface area contributed by atoms with Crippen molar-refractivity contribution in [2.24, 2.45) is 5.92 Å². The Kier molecular flexibility index (Phi) is 6.86. The molecule has 8 heteroatoms. The fraction of sp³-hybridized carbons (Fsp3) is 0.346. The van der Waals surface area contributed by atoms with Gasteiger partial charge in [0.15, 0.2) is 5.69 Å². The van der Waals surface area contributed by atoms with E-state index in [4.69, 9.17) is 5.73 Å². The van der Waals surface area contributed by atoms with E-state index in [9.17, 15) is 14.4 Å². The highest BCUT2D eigenvalue weighted by Crippen LogP contribution is 2.27. The molecular weight excluding hydrogens is 430 g/mol. The van der Waals surface area contributed by atoms with E-state index in [2.05, 4.69) is 16.0 Å². The van der Waals surface area contributed by atoms with Crippen molar-refractivity contribution in [2.75, 3.05) is 35.2 Å². The van der Waals surface area contributed by atoms with Crippen LogP contribution >= 0.6 is 0 Å². The van der Waals surface area contributed by atoms with Gasteiger partial charge in [-0.15, -0.1) is 0 Å². The molecule has 178 valence electrons. The maximum absolute atomic E-state index is 13.6. The lowest BCUT2D eigenvalue weighted by atomic mass is 10.0. The molecule has 1 aliphatic rings. The molecule has 1 aromatic heterocycles. The summed E-state index contributed by atoms with van der Waals surface area (Å²) in [5, 5.41) is 0. The molecule has 0 atom stereocenters. The number of nitrogens with one attached hydrogen (secondary N) is 1. The van der Waals surface area contributed by atoms with E-state index >= 15 is 0 Å². The molecule has 0 bridgehead atoms. The largest absolute Gasteiger partial charge is 0.383 e. The van der Waals surface area contributed by atoms with Crippen molar-refractivity contribution >= 4 is 23.1 Å². The number of H-pyrrole nitrogens is 1. The average molecular weight is 462 g/mol. The number of benzene rings is 2. The van der Waals surface area contributed by atoms with E-state index in [1.807, 2.05) is 62.4 Å². The molecule has 1 amide bonds. The summed E-state index contributed by atoms with van der Waals surface area (Å²) in [5.74, 6) is -0.149. The lowest BCUT2D eigenvalue weighted by Crippen LogP contribution is -2.47. The van der Waals surface area contributed by atoms with E-state index < -0.39 is 11.2 Å². The van der Waals surface area contributed by atoms with Crippen LogP contribution in [0.2, 0.25) is 0 Å². The van der Waals surface area contributed by atoms with Crippen LogP contribution in [0, 0.1) is 5.92 Å². The average Bonchev–Trinajstić information content (AvgIpc) is 2.81. The molecule has 0 aliphatic carbocycles. The topological polar surface area (TPSA) is 104 Å². The Morgan fingerprint density at radius 3 is 2.53 bits per heavy atom. The number of hydrogen-bond acceptors (Lipinski definition) is 5. The summed E-state index contributed by atoms with van der Waals surface area (Å²) in [6.45, 7) is 5.34. The normalized spacial score (nSPS) is 13.1. The minimum atomic E-state index is -0.653. The van der Waals surface area contributed by atoms with Gasteiger partial charge in [0.1, 0.15) is 5.82 Å². The van der Waals surface area contributed by atoms with Gasteiger partial charge >= 0.3 is 5.69 Å². The number of para-hydroxylation sites is 1. The molecule has 0 saturated heterocycles. The highest BCUT2D eigenvalue weighted by Gasteiger charge is 2.28. The number of aryl methyl sites for hydroxylation is 1. The molecule has 0 radical (unpaired) electrons. The van der Waals surface area contributed by atoms with Crippen LogP contribution in [0.5, 0.6) is 0 Å². The predicted molar refractivity (Wildman–Crippen MR) is 135 cm³/mol.